The first-order valence-corrected chi connectivity index (χ1v) is 3.66. The van der Waals surface area contributed by atoms with E-state index in [-0.39, 0.29) is 0 Å². The fraction of sp³-hybridized carbons (Fsp3) is 0.556. The van der Waals surface area contributed by atoms with Gasteiger partial charge in [-0.15, -0.1) is 0 Å². The third-order valence-electron chi connectivity index (χ3n) is 1.96. The van der Waals surface area contributed by atoms with E-state index < -0.39 is 0 Å². The van der Waals surface area contributed by atoms with Crippen molar-refractivity contribution in [3.05, 3.63) is 24.3 Å². The topological polar surface area (TPSA) is 0 Å². The minimum Gasteiger partial charge on any atom is -0.0956 e. The van der Waals surface area contributed by atoms with Gasteiger partial charge in [0.15, 0.2) is 0 Å². The van der Waals surface area contributed by atoms with E-state index in [9.17, 15) is 0 Å². The molecule has 1 aliphatic carbocycles. The lowest BCUT2D eigenvalue weighted by Crippen LogP contribution is -1.80. The fourth-order valence-electron chi connectivity index (χ4n) is 1.21. The SMILES string of the molecule is C=C1CCCCCC1=C. The van der Waals surface area contributed by atoms with Gasteiger partial charge < -0.3 is 0 Å². The predicted octanol–water partition coefficient (Wildman–Crippen LogP) is 3.06. The van der Waals surface area contributed by atoms with E-state index in [4.69, 9.17) is 0 Å². The van der Waals surface area contributed by atoms with Crippen LogP contribution in [-0.2, 0) is 0 Å². The van der Waals surface area contributed by atoms with Gasteiger partial charge in [-0.25, -0.2) is 0 Å². The van der Waals surface area contributed by atoms with Crippen LogP contribution in [0.2, 0.25) is 0 Å². The first-order chi connectivity index (χ1) is 4.30. The fourth-order valence-corrected chi connectivity index (χ4v) is 1.21. The molecule has 0 atom stereocenters. The van der Waals surface area contributed by atoms with Gasteiger partial charge in [-0.3, -0.25) is 0 Å². The molecular formula is C9H14. The molecule has 0 amide bonds. The van der Waals surface area contributed by atoms with Crippen molar-refractivity contribution < 1.29 is 0 Å². The molecule has 0 saturated heterocycles. The van der Waals surface area contributed by atoms with Crippen molar-refractivity contribution in [3.8, 4) is 0 Å². The van der Waals surface area contributed by atoms with Gasteiger partial charge >= 0.3 is 0 Å². The third-order valence-corrected chi connectivity index (χ3v) is 1.96. The molecule has 0 aromatic carbocycles. The Bertz CT molecular complexity index is 115. The molecule has 0 nitrogen and oxygen atoms in total. The van der Waals surface area contributed by atoms with Crippen molar-refractivity contribution in [3.63, 3.8) is 0 Å². The summed E-state index contributed by atoms with van der Waals surface area (Å²) in [6.07, 6.45) is 6.35. The van der Waals surface area contributed by atoms with Gasteiger partial charge in [0.1, 0.15) is 0 Å². The lowest BCUT2D eigenvalue weighted by Gasteiger charge is -2.00. The minimum atomic E-state index is 1.18. The molecule has 0 unspecified atom stereocenters. The van der Waals surface area contributed by atoms with E-state index in [1.807, 2.05) is 0 Å². The second-order valence-corrected chi connectivity index (χ2v) is 2.77. The monoisotopic (exact) mass is 122 g/mol. The Balaban J connectivity index is 2.51. The number of rotatable bonds is 0. The zero-order valence-corrected chi connectivity index (χ0v) is 5.95. The molecule has 0 aromatic heterocycles. The van der Waals surface area contributed by atoms with Crippen LogP contribution in [0.3, 0.4) is 0 Å². The summed E-state index contributed by atoms with van der Waals surface area (Å²) in [4.78, 5) is 0. The highest BCUT2D eigenvalue weighted by Crippen LogP contribution is 2.24. The summed E-state index contributed by atoms with van der Waals surface area (Å²) in [5, 5.41) is 0. The molecule has 1 saturated carbocycles. The van der Waals surface area contributed by atoms with Crippen LogP contribution < -0.4 is 0 Å². The predicted molar refractivity (Wildman–Crippen MR) is 41.4 cm³/mol. The van der Waals surface area contributed by atoms with Gasteiger partial charge in [0.2, 0.25) is 0 Å². The van der Waals surface area contributed by atoms with Crippen LogP contribution in [0.4, 0.5) is 0 Å². The van der Waals surface area contributed by atoms with Gasteiger partial charge in [0.25, 0.3) is 0 Å². The Kier molecular flexibility index (Phi) is 2.10. The Morgan fingerprint density at radius 3 is 1.67 bits per heavy atom. The van der Waals surface area contributed by atoms with Crippen LogP contribution in [0.15, 0.2) is 24.3 Å². The maximum atomic E-state index is 3.96. The van der Waals surface area contributed by atoms with Crippen molar-refractivity contribution in [1.29, 1.82) is 0 Å². The Morgan fingerprint density at radius 2 is 1.22 bits per heavy atom. The van der Waals surface area contributed by atoms with Crippen molar-refractivity contribution in [1.82, 2.24) is 0 Å². The van der Waals surface area contributed by atoms with Crippen LogP contribution in [-0.4, -0.2) is 0 Å². The summed E-state index contributed by atoms with van der Waals surface area (Å²) in [7, 11) is 0. The molecule has 1 fully saturated rings. The van der Waals surface area contributed by atoms with E-state index in [0.29, 0.717) is 0 Å². The molecule has 9 heavy (non-hydrogen) atoms. The number of hydrogen-bond acceptors (Lipinski definition) is 0. The summed E-state index contributed by atoms with van der Waals surface area (Å²) in [6.45, 7) is 7.91. The van der Waals surface area contributed by atoms with E-state index in [2.05, 4.69) is 13.2 Å². The summed E-state index contributed by atoms with van der Waals surface area (Å²) in [5.41, 5.74) is 2.57. The zero-order chi connectivity index (χ0) is 6.69. The number of allylic oxidation sites excluding steroid dienone is 2. The highest BCUT2D eigenvalue weighted by atomic mass is 14.1. The van der Waals surface area contributed by atoms with Crippen molar-refractivity contribution in [2.45, 2.75) is 32.1 Å². The Morgan fingerprint density at radius 1 is 0.778 bits per heavy atom. The molecular weight excluding hydrogens is 108 g/mol. The first kappa shape index (κ1) is 6.60. The summed E-state index contributed by atoms with van der Waals surface area (Å²) >= 11 is 0. The summed E-state index contributed by atoms with van der Waals surface area (Å²) < 4.78 is 0. The van der Waals surface area contributed by atoms with Crippen LogP contribution in [0, 0.1) is 0 Å². The molecule has 0 radical (unpaired) electrons. The Hall–Kier alpha value is -0.520. The van der Waals surface area contributed by atoms with Crippen molar-refractivity contribution in [2.75, 3.05) is 0 Å². The molecule has 0 N–H and O–H groups in total. The summed E-state index contributed by atoms with van der Waals surface area (Å²) in [5.74, 6) is 0. The largest absolute Gasteiger partial charge is 0.0956 e. The van der Waals surface area contributed by atoms with Crippen LogP contribution >= 0.6 is 0 Å². The molecule has 0 aliphatic heterocycles. The molecule has 0 heteroatoms. The maximum Gasteiger partial charge on any atom is -0.0282 e. The van der Waals surface area contributed by atoms with Gasteiger partial charge in [-0.05, 0) is 25.7 Å². The van der Waals surface area contributed by atoms with Gasteiger partial charge in [-0.2, -0.15) is 0 Å². The molecule has 0 heterocycles. The minimum absolute atomic E-state index is 1.18. The summed E-state index contributed by atoms with van der Waals surface area (Å²) in [6, 6.07) is 0. The molecule has 0 aromatic rings. The quantitative estimate of drug-likeness (QED) is 0.433. The molecule has 0 bridgehead atoms. The van der Waals surface area contributed by atoms with E-state index in [1.54, 1.807) is 0 Å². The lowest BCUT2D eigenvalue weighted by molar-refractivity contribution is 0.720. The molecule has 50 valence electrons. The standard InChI is InChI=1S/C9H14/c1-8-6-4-3-5-7-9(8)2/h1-7H2. The van der Waals surface area contributed by atoms with Crippen molar-refractivity contribution in [2.24, 2.45) is 0 Å². The Labute approximate surface area is 57.3 Å². The van der Waals surface area contributed by atoms with E-state index >= 15 is 0 Å². The van der Waals surface area contributed by atoms with E-state index in [1.165, 1.54) is 43.3 Å². The van der Waals surface area contributed by atoms with Crippen LogP contribution in [0.5, 0.6) is 0 Å². The van der Waals surface area contributed by atoms with Gasteiger partial charge in [-0.1, -0.05) is 30.7 Å². The maximum absolute atomic E-state index is 3.96. The van der Waals surface area contributed by atoms with Gasteiger partial charge in [0.05, 0.1) is 0 Å². The first-order valence-electron chi connectivity index (χ1n) is 3.66. The molecule has 0 spiro atoms. The van der Waals surface area contributed by atoms with E-state index in [0.717, 1.165) is 0 Å². The molecule has 1 aliphatic rings. The van der Waals surface area contributed by atoms with Crippen LogP contribution in [0.1, 0.15) is 32.1 Å². The normalized spacial score (nSPS) is 21.8. The second kappa shape index (κ2) is 2.86. The highest BCUT2D eigenvalue weighted by Gasteiger charge is 2.04. The average Bonchev–Trinajstić information content (AvgIpc) is 1.99. The second-order valence-electron chi connectivity index (χ2n) is 2.77. The molecule has 1 rings (SSSR count). The number of hydrogen-bond donors (Lipinski definition) is 0. The third kappa shape index (κ3) is 1.70. The average molecular weight is 122 g/mol. The highest BCUT2D eigenvalue weighted by molar-refractivity contribution is 5.25. The lowest BCUT2D eigenvalue weighted by atomic mass is 10.1. The smallest absolute Gasteiger partial charge is 0.0282 e. The zero-order valence-electron chi connectivity index (χ0n) is 5.95. The van der Waals surface area contributed by atoms with Gasteiger partial charge in [0, 0.05) is 0 Å². The van der Waals surface area contributed by atoms with Crippen LogP contribution in [0.25, 0.3) is 0 Å². The van der Waals surface area contributed by atoms with Crippen molar-refractivity contribution >= 4 is 0 Å².